The van der Waals surface area contributed by atoms with E-state index in [9.17, 15) is 19.2 Å². The maximum atomic E-state index is 11.6. The molecule has 54 heavy (non-hydrogen) atoms. The Kier molecular flexibility index (Phi) is 10.4. The Morgan fingerprint density at radius 2 is 0.630 bits per heavy atom. The second kappa shape index (κ2) is 15.5. The zero-order chi connectivity index (χ0) is 37.9. The van der Waals surface area contributed by atoms with E-state index in [1.807, 2.05) is 24.3 Å². The maximum absolute atomic E-state index is 11.6. The van der Waals surface area contributed by atoms with Crippen LogP contribution in [0.3, 0.4) is 0 Å². The maximum Gasteiger partial charge on any atom is 0.309 e. The quantitative estimate of drug-likeness (QED) is 0.183. The molecule has 4 heterocycles. The Balaban J connectivity index is 0.000000167. The van der Waals surface area contributed by atoms with Gasteiger partial charge in [-0.1, -0.05) is 48.5 Å². The predicted molar refractivity (Wildman–Crippen MR) is 203 cm³/mol. The van der Waals surface area contributed by atoms with Crippen LogP contribution in [0.1, 0.15) is 44.5 Å². The number of rotatable bonds is 8. The zero-order valence-corrected chi connectivity index (χ0v) is 31.1. The molecule has 0 aliphatic carbocycles. The summed E-state index contributed by atoms with van der Waals surface area (Å²) >= 11 is 0. The standard InChI is InChI=1S/2C21H22N2O4/c2*1-26-20(24)9-14-3-5-18-16(7-14)11-22-13-23(18)12-17-8-15(4-6-19(17)22)10-21(25)27-2/h2*3-8H,9-13H2,1-2H3. The van der Waals surface area contributed by atoms with E-state index >= 15 is 0 Å². The largest absolute Gasteiger partial charge is 0.469 e. The zero-order valence-electron chi connectivity index (χ0n) is 31.1. The van der Waals surface area contributed by atoms with Crippen molar-refractivity contribution in [2.24, 2.45) is 0 Å². The van der Waals surface area contributed by atoms with E-state index in [2.05, 4.69) is 68.1 Å². The van der Waals surface area contributed by atoms with Gasteiger partial charge < -0.3 is 38.5 Å². The molecule has 4 aliphatic rings. The number of carbonyl (C=O) groups excluding carboxylic acids is 4. The molecule has 4 bridgehead atoms. The minimum atomic E-state index is -0.227. The molecule has 12 nitrogen and oxygen atoms in total. The minimum absolute atomic E-state index is 0.227. The number of ether oxygens (including phenoxy) is 4. The number of fused-ring (bicyclic) bond motifs is 12. The van der Waals surface area contributed by atoms with Crippen molar-refractivity contribution in [1.82, 2.24) is 0 Å². The highest BCUT2D eigenvalue weighted by Crippen LogP contribution is 2.40. The molecule has 280 valence electrons. The second-order valence-corrected chi connectivity index (χ2v) is 13.9. The third-order valence-electron chi connectivity index (χ3n) is 10.4. The summed E-state index contributed by atoms with van der Waals surface area (Å²) in [6.45, 7) is 4.86. The molecule has 0 spiro atoms. The third kappa shape index (κ3) is 7.68. The average molecular weight is 733 g/mol. The summed E-state index contributed by atoms with van der Waals surface area (Å²) in [4.78, 5) is 55.5. The van der Waals surface area contributed by atoms with Crippen LogP contribution < -0.4 is 19.6 Å². The third-order valence-corrected chi connectivity index (χ3v) is 10.4. The molecule has 8 rings (SSSR count). The lowest BCUT2D eigenvalue weighted by Crippen LogP contribution is -2.46. The van der Waals surface area contributed by atoms with Crippen LogP contribution in [0.2, 0.25) is 0 Å². The van der Waals surface area contributed by atoms with Crippen LogP contribution in [0.5, 0.6) is 0 Å². The van der Waals surface area contributed by atoms with Crippen molar-refractivity contribution in [3.63, 3.8) is 0 Å². The van der Waals surface area contributed by atoms with Gasteiger partial charge in [0.05, 0.1) is 67.5 Å². The summed E-state index contributed by atoms with van der Waals surface area (Å²) in [5.41, 5.74) is 13.5. The Morgan fingerprint density at radius 3 is 0.833 bits per heavy atom. The number of anilines is 4. The van der Waals surface area contributed by atoms with Crippen LogP contribution in [0.15, 0.2) is 72.8 Å². The van der Waals surface area contributed by atoms with Crippen LogP contribution in [0.4, 0.5) is 22.7 Å². The minimum Gasteiger partial charge on any atom is -0.469 e. The number of hydrogen-bond acceptors (Lipinski definition) is 12. The van der Waals surface area contributed by atoms with Gasteiger partial charge in [0.25, 0.3) is 0 Å². The number of carbonyl (C=O) groups is 4. The number of methoxy groups -OCH3 is 4. The van der Waals surface area contributed by atoms with Gasteiger partial charge in [0, 0.05) is 48.9 Å². The van der Waals surface area contributed by atoms with Crippen LogP contribution in [0, 0.1) is 0 Å². The van der Waals surface area contributed by atoms with Gasteiger partial charge in [0.15, 0.2) is 0 Å². The molecule has 0 atom stereocenters. The van der Waals surface area contributed by atoms with E-state index in [1.165, 1.54) is 73.4 Å². The fourth-order valence-corrected chi connectivity index (χ4v) is 7.77. The molecule has 0 radical (unpaired) electrons. The molecule has 0 saturated carbocycles. The molecule has 4 aromatic carbocycles. The normalized spacial score (nSPS) is 14.3. The average Bonchev–Trinajstić information content (AvgIpc) is 3.17. The van der Waals surface area contributed by atoms with Crippen LogP contribution in [-0.4, -0.2) is 65.7 Å². The Hall–Kier alpha value is -6.04. The molecule has 0 N–H and O–H groups in total. The van der Waals surface area contributed by atoms with E-state index < -0.39 is 0 Å². The first kappa shape index (κ1) is 36.3. The van der Waals surface area contributed by atoms with Crippen molar-refractivity contribution in [3.8, 4) is 0 Å². The SMILES string of the molecule is COC(=O)Cc1ccc2c(c1)CN1CN2Cc2cc(CC(=O)OC)ccc21.COC(=O)Cc1ccc2c(c1)CN1CN2Cc2cc(CC(=O)OC)ccc21. The summed E-state index contributed by atoms with van der Waals surface area (Å²) in [7, 11) is 5.64. The molecule has 4 aromatic rings. The number of esters is 4. The lowest BCUT2D eigenvalue weighted by molar-refractivity contribution is -0.140. The highest BCUT2D eigenvalue weighted by atomic mass is 16.5. The Bertz CT molecular complexity index is 1820. The first-order valence-electron chi connectivity index (χ1n) is 17.9. The fraction of sp³-hybridized carbons (Fsp3) is 0.333. The lowest BCUT2D eigenvalue weighted by Gasteiger charge is -2.45. The highest BCUT2D eigenvalue weighted by molar-refractivity contribution is 5.77. The van der Waals surface area contributed by atoms with Crippen molar-refractivity contribution < 1.29 is 38.1 Å². The molecule has 0 aromatic heterocycles. The summed E-state index contributed by atoms with van der Waals surface area (Å²) in [5, 5.41) is 0. The molecule has 0 fully saturated rings. The Morgan fingerprint density at radius 1 is 0.407 bits per heavy atom. The molecule has 12 heteroatoms. The van der Waals surface area contributed by atoms with Crippen LogP contribution >= 0.6 is 0 Å². The van der Waals surface area contributed by atoms with Crippen LogP contribution in [-0.2, 0) is 90.0 Å². The topological polar surface area (TPSA) is 118 Å². The molecular formula is C42H44N4O8. The number of nitrogens with zero attached hydrogens (tertiary/aromatic N) is 4. The molecule has 4 aliphatic heterocycles. The molecule has 0 unspecified atom stereocenters. The number of hydrogen-bond donors (Lipinski definition) is 0. The van der Waals surface area contributed by atoms with Gasteiger partial charge in [0.1, 0.15) is 0 Å². The fourth-order valence-electron chi connectivity index (χ4n) is 7.77. The van der Waals surface area contributed by atoms with Gasteiger partial charge in [-0.05, 0) is 68.8 Å². The van der Waals surface area contributed by atoms with Crippen molar-refractivity contribution in [1.29, 1.82) is 0 Å². The molecule has 0 saturated heterocycles. The van der Waals surface area contributed by atoms with Crippen molar-refractivity contribution in [2.45, 2.75) is 51.9 Å². The van der Waals surface area contributed by atoms with Crippen molar-refractivity contribution in [2.75, 3.05) is 61.4 Å². The first-order chi connectivity index (χ1) is 26.1. The van der Waals surface area contributed by atoms with Gasteiger partial charge in [-0.2, -0.15) is 0 Å². The number of benzene rings is 4. The van der Waals surface area contributed by atoms with Gasteiger partial charge in [-0.3, -0.25) is 19.2 Å². The van der Waals surface area contributed by atoms with E-state index in [0.29, 0.717) is 0 Å². The first-order valence-corrected chi connectivity index (χ1v) is 17.9. The van der Waals surface area contributed by atoms with E-state index in [-0.39, 0.29) is 49.6 Å². The van der Waals surface area contributed by atoms with Gasteiger partial charge >= 0.3 is 23.9 Å². The second-order valence-electron chi connectivity index (χ2n) is 13.9. The van der Waals surface area contributed by atoms with Gasteiger partial charge in [0.2, 0.25) is 0 Å². The summed E-state index contributed by atoms with van der Waals surface area (Å²) in [6.07, 6.45) is 1.16. The van der Waals surface area contributed by atoms with E-state index in [4.69, 9.17) is 18.9 Å². The molecule has 0 amide bonds. The van der Waals surface area contributed by atoms with Crippen molar-refractivity contribution >= 4 is 46.6 Å². The highest BCUT2D eigenvalue weighted by Gasteiger charge is 2.31. The lowest BCUT2D eigenvalue weighted by atomic mass is 9.97. The monoisotopic (exact) mass is 732 g/mol. The van der Waals surface area contributed by atoms with Gasteiger partial charge in [-0.25, -0.2) is 0 Å². The smallest absolute Gasteiger partial charge is 0.309 e. The predicted octanol–water partition coefficient (Wildman–Crippen LogP) is 4.83. The van der Waals surface area contributed by atoms with E-state index in [0.717, 1.165) is 61.8 Å². The van der Waals surface area contributed by atoms with Crippen molar-refractivity contribution in [3.05, 3.63) is 117 Å². The summed E-state index contributed by atoms with van der Waals surface area (Å²) in [5.74, 6) is -0.907. The van der Waals surface area contributed by atoms with Gasteiger partial charge in [-0.15, -0.1) is 0 Å². The molecular weight excluding hydrogens is 688 g/mol. The summed E-state index contributed by atoms with van der Waals surface area (Å²) < 4.78 is 19.1. The summed E-state index contributed by atoms with van der Waals surface area (Å²) in [6, 6.07) is 24.7. The Labute approximate surface area is 314 Å². The van der Waals surface area contributed by atoms with Crippen LogP contribution in [0.25, 0.3) is 0 Å². The van der Waals surface area contributed by atoms with E-state index in [1.54, 1.807) is 0 Å².